The summed E-state index contributed by atoms with van der Waals surface area (Å²) in [6, 6.07) is 0. The Balaban J connectivity index is 1.36. The molecular formula is C18H27NO4. The average Bonchev–Trinajstić information content (AvgIpc) is 2.95. The molecule has 0 radical (unpaired) electrons. The van der Waals surface area contributed by atoms with E-state index in [0.29, 0.717) is 26.1 Å². The normalized spacial score (nSPS) is 41.2. The van der Waals surface area contributed by atoms with Crippen LogP contribution in [0.25, 0.3) is 0 Å². The minimum absolute atomic E-state index is 0.182. The predicted molar refractivity (Wildman–Crippen MR) is 83.7 cm³/mol. The highest BCUT2D eigenvalue weighted by molar-refractivity contribution is 5.75. The van der Waals surface area contributed by atoms with Gasteiger partial charge in [0, 0.05) is 13.1 Å². The van der Waals surface area contributed by atoms with Crippen LogP contribution < -0.4 is 0 Å². The van der Waals surface area contributed by atoms with E-state index in [0.717, 1.165) is 37.0 Å². The van der Waals surface area contributed by atoms with Gasteiger partial charge in [-0.05, 0) is 69.6 Å². The summed E-state index contributed by atoms with van der Waals surface area (Å²) in [4.78, 5) is 26.1. The van der Waals surface area contributed by atoms with Crippen molar-refractivity contribution in [1.29, 1.82) is 0 Å². The van der Waals surface area contributed by atoms with Crippen molar-refractivity contribution in [2.45, 2.75) is 57.5 Å². The fraction of sp³-hybridized carbons (Fsp3) is 0.889. The Labute approximate surface area is 137 Å². The number of likely N-dealkylation sites (tertiary alicyclic amines) is 1. The van der Waals surface area contributed by atoms with E-state index < -0.39 is 0 Å². The molecule has 0 N–H and O–H groups in total. The molecule has 1 saturated heterocycles. The van der Waals surface area contributed by atoms with E-state index in [-0.39, 0.29) is 23.6 Å². The minimum atomic E-state index is -0.209. The van der Waals surface area contributed by atoms with Gasteiger partial charge in [-0.2, -0.15) is 0 Å². The van der Waals surface area contributed by atoms with Crippen LogP contribution in [0, 0.1) is 23.7 Å². The summed E-state index contributed by atoms with van der Waals surface area (Å²) >= 11 is 0. The lowest BCUT2D eigenvalue weighted by Gasteiger charge is -2.55. The third-order valence-electron chi connectivity index (χ3n) is 6.35. The molecule has 0 aromatic heterocycles. The van der Waals surface area contributed by atoms with Crippen LogP contribution in [0.5, 0.6) is 0 Å². The zero-order chi connectivity index (χ0) is 16.0. The Bertz CT molecular complexity index is 468. The minimum Gasteiger partial charge on any atom is -0.466 e. The molecule has 1 amide bonds. The first-order valence-corrected chi connectivity index (χ1v) is 9.21. The summed E-state index contributed by atoms with van der Waals surface area (Å²) in [5.74, 6) is 1.93. The number of rotatable bonds is 3. The van der Waals surface area contributed by atoms with Crippen LogP contribution in [-0.2, 0) is 14.3 Å². The van der Waals surface area contributed by atoms with Crippen molar-refractivity contribution in [1.82, 2.24) is 4.90 Å². The molecule has 5 heteroatoms. The van der Waals surface area contributed by atoms with E-state index in [4.69, 9.17) is 9.47 Å². The van der Waals surface area contributed by atoms with Crippen molar-refractivity contribution >= 4 is 12.1 Å². The summed E-state index contributed by atoms with van der Waals surface area (Å²) in [6.45, 7) is 3.26. The molecule has 4 bridgehead atoms. The van der Waals surface area contributed by atoms with E-state index in [1.54, 1.807) is 4.90 Å². The molecule has 4 saturated carbocycles. The molecule has 1 aliphatic heterocycles. The molecule has 5 rings (SSSR count). The van der Waals surface area contributed by atoms with E-state index in [1.807, 2.05) is 6.92 Å². The Kier molecular flexibility index (Phi) is 3.77. The highest BCUT2D eigenvalue weighted by atomic mass is 16.6. The molecule has 5 aliphatic rings. The number of hydrogen-bond acceptors (Lipinski definition) is 4. The standard InChI is InChI=1S/C18H27NO4/c1-2-22-16(20)15-3-4-19(11-15)17(21)23-18-8-12-5-13(9-18)7-14(6-12)10-18/h12-15H,2-11H2,1H3. The van der Waals surface area contributed by atoms with Crippen LogP contribution in [-0.4, -0.2) is 42.3 Å². The Morgan fingerprint density at radius 3 is 2.26 bits per heavy atom. The summed E-state index contributed by atoms with van der Waals surface area (Å²) in [5, 5.41) is 0. The molecule has 1 unspecified atom stereocenters. The third kappa shape index (κ3) is 2.83. The van der Waals surface area contributed by atoms with Gasteiger partial charge in [-0.3, -0.25) is 4.79 Å². The number of carbonyl (C=O) groups is 2. The summed E-state index contributed by atoms with van der Waals surface area (Å²) in [6.07, 6.45) is 7.66. The number of esters is 1. The van der Waals surface area contributed by atoms with Gasteiger partial charge in [0.1, 0.15) is 5.60 Å². The van der Waals surface area contributed by atoms with E-state index in [9.17, 15) is 9.59 Å². The lowest BCUT2D eigenvalue weighted by Crippen LogP contribution is -2.54. The van der Waals surface area contributed by atoms with Crippen molar-refractivity contribution in [3.63, 3.8) is 0 Å². The fourth-order valence-electron chi connectivity index (χ4n) is 5.78. The zero-order valence-electron chi connectivity index (χ0n) is 14.0. The smallest absolute Gasteiger partial charge is 0.410 e. The molecule has 5 nitrogen and oxygen atoms in total. The number of amides is 1. The van der Waals surface area contributed by atoms with Crippen LogP contribution in [0.15, 0.2) is 0 Å². The van der Waals surface area contributed by atoms with E-state index in [1.165, 1.54) is 19.3 Å². The second-order valence-electron chi connectivity index (χ2n) is 8.15. The van der Waals surface area contributed by atoms with Gasteiger partial charge in [-0.25, -0.2) is 4.79 Å². The number of hydrogen-bond donors (Lipinski definition) is 0. The second-order valence-corrected chi connectivity index (χ2v) is 8.15. The van der Waals surface area contributed by atoms with Crippen LogP contribution >= 0.6 is 0 Å². The summed E-state index contributed by atoms with van der Waals surface area (Å²) in [7, 11) is 0. The van der Waals surface area contributed by atoms with Gasteiger partial charge in [0.25, 0.3) is 0 Å². The van der Waals surface area contributed by atoms with Crippen molar-refractivity contribution in [3.8, 4) is 0 Å². The molecule has 0 spiro atoms. The molecule has 0 aromatic carbocycles. The second kappa shape index (κ2) is 5.67. The van der Waals surface area contributed by atoms with Crippen LogP contribution in [0.3, 0.4) is 0 Å². The molecule has 0 aromatic rings. The highest BCUT2D eigenvalue weighted by Crippen LogP contribution is 2.57. The summed E-state index contributed by atoms with van der Waals surface area (Å²) < 4.78 is 11.1. The van der Waals surface area contributed by atoms with Crippen LogP contribution in [0.4, 0.5) is 4.79 Å². The lowest BCUT2D eigenvalue weighted by atomic mass is 9.54. The zero-order valence-corrected chi connectivity index (χ0v) is 14.0. The maximum atomic E-state index is 12.6. The molecule has 1 atom stereocenters. The van der Waals surface area contributed by atoms with Crippen molar-refractivity contribution in [2.24, 2.45) is 23.7 Å². The Morgan fingerprint density at radius 1 is 1.09 bits per heavy atom. The molecule has 4 aliphatic carbocycles. The predicted octanol–water partition coefficient (Wildman–Crippen LogP) is 2.98. The van der Waals surface area contributed by atoms with E-state index >= 15 is 0 Å². The lowest BCUT2D eigenvalue weighted by molar-refractivity contribution is -0.147. The SMILES string of the molecule is CCOC(=O)C1CCN(C(=O)OC23CC4CC(CC(C4)C2)C3)C1. The van der Waals surface area contributed by atoms with Crippen molar-refractivity contribution in [2.75, 3.05) is 19.7 Å². The topological polar surface area (TPSA) is 55.8 Å². The highest BCUT2D eigenvalue weighted by Gasteiger charge is 2.53. The maximum Gasteiger partial charge on any atom is 0.410 e. The Morgan fingerprint density at radius 2 is 1.70 bits per heavy atom. The van der Waals surface area contributed by atoms with Gasteiger partial charge in [0.15, 0.2) is 0 Å². The first-order valence-electron chi connectivity index (χ1n) is 9.21. The number of carbonyl (C=O) groups excluding carboxylic acids is 2. The molecular weight excluding hydrogens is 294 g/mol. The Hall–Kier alpha value is -1.26. The van der Waals surface area contributed by atoms with Crippen molar-refractivity contribution in [3.05, 3.63) is 0 Å². The average molecular weight is 321 g/mol. The molecule has 23 heavy (non-hydrogen) atoms. The quantitative estimate of drug-likeness (QED) is 0.750. The number of ether oxygens (including phenoxy) is 2. The van der Waals surface area contributed by atoms with Gasteiger partial charge in [-0.1, -0.05) is 0 Å². The summed E-state index contributed by atoms with van der Waals surface area (Å²) in [5.41, 5.74) is -0.201. The number of nitrogens with zero attached hydrogens (tertiary/aromatic N) is 1. The van der Waals surface area contributed by atoms with E-state index in [2.05, 4.69) is 0 Å². The van der Waals surface area contributed by atoms with Gasteiger partial charge >= 0.3 is 12.1 Å². The van der Waals surface area contributed by atoms with Gasteiger partial charge in [0.2, 0.25) is 0 Å². The monoisotopic (exact) mass is 321 g/mol. The van der Waals surface area contributed by atoms with Gasteiger partial charge in [-0.15, -0.1) is 0 Å². The molecule has 1 heterocycles. The van der Waals surface area contributed by atoms with Crippen molar-refractivity contribution < 1.29 is 19.1 Å². The molecule has 5 fully saturated rings. The largest absolute Gasteiger partial charge is 0.466 e. The first-order chi connectivity index (χ1) is 11.1. The third-order valence-corrected chi connectivity index (χ3v) is 6.35. The first kappa shape index (κ1) is 15.3. The van der Waals surface area contributed by atoms with Crippen LogP contribution in [0.1, 0.15) is 51.9 Å². The van der Waals surface area contributed by atoms with Gasteiger partial charge < -0.3 is 14.4 Å². The molecule has 128 valence electrons. The van der Waals surface area contributed by atoms with Gasteiger partial charge in [0.05, 0.1) is 12.5 Å². The fourth-order valence-corrected chi connectivity index (χ4v) is 5.78. The maximum absolute atomic E-state index is 12.6. The van der Waals surface area contributed by atoms with Crippen LogP contribution in [0.2, 0.25) is 0 Å².